The Labute approximate surface area is 273 Å². The highest BCUT2D eigenvalue weighted by Gasteiger charge is 2.54. The Morgan fingerprint density at radius 3 is 2.30 bits per heavy atom. The lowest BCUT2D eigenvalue weighted by molar-refractivity contribution is -0.138. The fourth-order valence-corrected chi connectivity index (χ4v) is 9.35. The van der Waals surface area contributed by atoms with Crippen LogP contribution in [0.5, 0.6) is 0 Å². The van der Waals surface area contributed by atoms with Crippen molar-refractivity contribution in [3.05, 3.63) is 63.0 Å². The van der Waals surface area contributed by atoms with Gasteiger partial charge in [0, 0.05) is 48.8 Å². The molecule has 1 aromatic carbocycles. The molecular formula is C37H49F3N2O3Si. The molecule has 3 heterocycles. The molecule has 4 aliphatic rings. The van der Waals surface area contributed by atoms with Gasteiger partial charge in [0.2, 0.25) is 0 Å². The monoisotopic (exact) mass is 654 g/mol. The van der Waals surface area contributed by atoms with E-state index < -0.39 is 31.8 Å². The van der Waals surface area contributed by atoms with Crippen LogP contribution in [0.2, 0.25) is 18.1 Å². The quantitative estimate of drug-likeness (QED) is 0.307. The molecule has 250 valence electrons. The van der Waals surface area contributed by atoms with Crippen LogP contribution in [0.15, 0.2) is 18.2 Å². The number of benzene rings is 1. The van der Waals surface area contributed by atoms with E-state index in [9.17, 15) is 18.4 Å². The van der Waals surface area contributed by atoms with Crippen molar-refractivity contribution >= 4 is 8.32 Å². The Balaban J connectivity index is 1.63. The zero-order valence-corrected chi connectivity index (χ0v) is 29.5. The molecule has 2 fully saturated rings. The second-order valence-electron chi connectivity index (χ2n) is 16.4. The number of nitriles is 1. The molecule has 0 bridgehead atoms. The summed E-state index contributed by atoms with van der Waals surface area (Å²) >= 11 is 0. The second-order valence-corrected chi connectivity index (χ2v) is 21.2. The van der Waals surface area contributed by atoms with E-state index in [4.69, 9.17) is 18.9 Å². The molecule has 0 radical (unpaired) electrons. The molecule has 0 amide bonds. The third-order valence-electron chi connectivity index (χ3n) is 11.5. The number of rotatable bonds is 4. The van der Waals surface area contributed by atoms with Gasteiger partial charge < -0.3 is 13.9 Å². The van der Waals surface area contributed by atoms with Crippen LogP contribution in [0, 0.1) is 16.7 Å². The van der Waals surface area contributed by atoms with Crippen LogP contribution < -0.4 is 0 Å². The van der Waals surface area contributed by atoms with E-state index in [0.717, 1.165) is 72.7 Å². The van der Waals surface area contributed by atoms with Gasteiger partial charge in [-0.25, -0.2) is 0 Å². The first-order valence-corrected chi connectivity index (χ1v) is 20.0. The van der Waals surface area contributed by atoms with Crippen LogP contribution in [0.1, 0.15) is 149 Å². The molecule has 1 saturated heterocycles. The van der Waals surface area contributed by atoms with E-state index in [1.54, 1.807) is 0 Å². The van der Waals surface area contributed by atoms with Gasteiger partial charge >= 0.3 is 6.18 Å². The first kappa shape index (κ1) is 33.6. The lowest BCUT2D eigenvalue weighted by atomic mass is 9.69. The van der Waals surface area contributed by atoms with E-state index in [2.05, 4.69) is 47.7 Å². The molecule has 1 spiro atoms. The number of hydrogen-bond acceptors (Lipinski definition) is 5. The van der Waals surface area contributed by atoms with E-state index in [1.165, 1.54) is 18.6 Å². The summed E-state index contributed by atoms with van der Waals surface area (Å²) < 4.78 is 62.0. The lowest BCUT2D eigenvalue weighted by Crippen LogP contribution is -2.45. The zero-order chi connectivity index (χ0) is 33.3. The molecule has 9 heteroatoms. The third-order valence-corrected chi connectivity index (χ3v) is 15.9. The predicted molar refractivity (Wildman–Crippen MR) is 174 cm³/mol. The molecule has 0 N–H and O–H groups in total. The Morgan fingerprint density at radius 2 is 1.70 bits per heavy atom. The second kappa shape index (κ2) is 11.7. The summed E-state index contributed by atoms with van der Waals surface area (Å²) in [6.45, 7) is 17.1. The van der Waals surface area contributed by atoms with Gasteiger partial charge in [0.25, 0.3) is 0 Å². The fraction of sp³-hybridized carbons (Fsp3) is 0.676. The number of alkyl halides is 3. The van der Waals surface area contributed by atoms with Gasteiger partial charge in [0.1, 0.15) is 6.10 Å². The van der Waals surface area contributed by atoms with Crippen molar-refractivity contribution in [2.45, 2.75) is 140 Å². The Hall–Kier alpha value is -2.25. The highest BCUT2D eigenvalue weighted by molar-refractivity contribution is 6.74. The van der Waals surface area contributed by atoms with Crippen LogP contribution in [0.4, 0.5) is 13.2 Å². The number of fused-ring (bicyclic) bond motifs is 4. The van der Waals surface area contributed by atoms with Crippen molar-refractivity contribution in [2.24, 2.45) is 5.41 Å². The van der Waals surface area contributed by atoms with E-state index in [0.29, 0.717) is 31.6 Å². The number of hydrogen-bond donors (Lipinski definition) is 0. The molecular weight excluding hydrogens is 605 g/mol. The average Bonchev–Trinajstić information content (AvgIpc) is 3.29. The van der Waals surface area contributed by atoms with E-state index >= 15 is 0 Å². The largest absolute Gasteiger partial charge is 0.417 e. The Kier molecular flexibility index (Phi) is 8.57. The van der Waals surface area contributed by atoms with Crippen LogP contribution in [0.3, 0.4) is 0 Å². The number of pyridine rings is 1. The molecule has 2 aliphatic heterocycles. The molecule has 2 atom stereocenters. The minimum atomic E-state index is -4.62. The Morgan fingerprint density at radius 1 is 1.02 bits per heavy atom. The summed E-state index contributed by atoms with van der Waals surface area (Å²) in [7, 11) is -2.22. The van der Waals surface area contributed by atoms with Crippen molar-refractivity contribution < 1.29 is 27.1 Å². The van der Waals surface area contributed by atoms with Gasteiger partial charge in [-0.05, 0) is 72.5 Å². The third kappa shape index (κ3) is 5.97. The van der Waals surface area contributed by atoms with Crippen LogP contribution >= 0.6 is 0 Å². The number of nitrogens with zero attached hydrogens (tertiary/aromatic N) is 2. The lowest BCUT2D eigenvalue weighted by Gasteiger charge is -2.46. The highest BCUT2D eigenvalue weighted by atomic mass is 28.4. The van der Waals surface area contributed by atoms with Crippen molar-refractivity contribution in [1.82, 2.24) is 4.98 Å². The molecule has 1 aromatic heterocycles. The van der Waals surface area contributed by atoms with E-state index in [-0.39, 0.29) is 28.0 Å². The SMILES string of the molecule is CC1(C)Cc2nc(C3CCCCC3)c3c(c2[C@@H](O[Si](C)(C)C(C)(C)C)C1)C1(CCOCC1)O[C@@H]3c1ccc(C(F)(F)F)c(C#N)c1. The standard InChI is InChI=1S/C37H49F3N2O3Si/c1-34(2,3)46(6,7)45-28-21-35(4,5)20-27-29(28)31-30(32(42-27)23-11-9-8-10-12-23)33(44-36(31)15-17-43-18-16-36)24-13-14-26(37(38,39)40)25(19-24)22-41/h13-14,19,23,28,33H,8-12,15-18,20-21H2,1-7H3/t28-,33+/m0/s1. The highest BCUT2D eigenvalue weighted by Crippen LogP contribution is 2.59. The average molecular weight is 655 g/mol. The van der Waals surface area contributed by atoms with Crippen molar-refractivity contribution in [3.63, 3.8) is 0 Å². The van der Waals surface area contributed by atoms with Gasteiger partial charge in [-0.2, -0.15) is 18.4 Å². The first-order chi connectivity index (χ1) is 21.5. The number of ether oxygens (including phenoxy) is 2. The van der Waals surface area contributed by atoms with Crippen LogP contribution in [0.25, 0.3) is 0 Å². The topological polar surface area (TPSA) is 64.4 Å². The summed E-state index contributed by atoms with van der Waals surface area (Å²) in [6.07, 6.45) is 3.12. The van der Waals surface area contributed by atoms with Gasteiger partial charge in [-0.1, -0.05) is 59.9 Å². The smallest absolute Gasteiger partial charge is 0.410 e. The molecule has 46 heavy (non-hydrogen) atoms. The summed E-state index contributed by atoms with van der Waals surface area (Å²) in [4.78, 5) is 5.58. The molecule has 2 aliphatic carbocycles. The van der Waals surface area contributed by atoms with Gasteiger partial charge in [0.15, 0.2) is 8.32 Å². The summed E-state index contributed by atoms with van der Waals surface area (Å²) in [6, 6.07) is 5.77. The van der Waals surface area contributed by atoms with Gasteiger partial charge in [0.05, 0.1) is 34.6 Å². The van der Waals surface area contributed by atoms with Gasteiger partial charge in [-0.15, -0.1) is 0 Å². The van der Waals surface area contributed by atoms with Crippen LogP contribution in [-0.2, 0) is 32.1 Å². The zero-order valence-electron chi connectivity index (χ0n) is 28.5. The molecule has 6 rings (SSSR count). The minimum Gasteiger partial charge on any atom is -0.410 e. The number of aromatic nitrogens is 1. The normalized spacial score (nSPS) is 24.8. The molecule has 5 nitrogen and oxygen atoms in total. The van der Waals surface area contributed by atoms with E-state index in [1.807, 2.05) is 6.07 Å². The maximum absolute atomic E-state index is 13.9. The Bertz CT molecular complexity index is 1530. The first-order valence-electron chi connectivity index (χ1n) is 17.1. The molecule has 1 saturated carbocycles. The minimum absolute atomic E-state index is 0.0106. The van der Waals surface area contributed by atoms with Gasteiger partial charge in [-0.3, -0.25) is 4.98 Å². The van der Waals surface area contributed by atoms with Crippen LogP contribution in [-0.4, -0.2) is 26.5 Å². The molecule has 0 unspecified atom stereocenters. The molecule has 2 aromatic rings. The summed E-state index contributed by atoms with van der Waals surface area (Å²) in [5.41, 5.74) is 4.06. The summed E-state index contributed by atoms with van der Waals surface area (Å²) in [5, 5.41) is 9.84. The predicted octanol–water partition coefficient (Wildman–Crippen LogP) is 10.2. The maximum Gasteiger partial charge on any atom is 0.417 e. The van der Waals surface area contributed by atoms with Crippen molar-refractivity contribution in [3.8, 4) is 6.07 Å². The van der Waals surface area contributed by atoms with Crippen molar-refractivity contribution in [2.75, 3.05) is 13.2 Å². The fourth-order valence-electron chi connectivity index (χ4n) is 8.08. The summed E-state index contributed by atoms with van der Waals surface area (Å²) in [5.74, 6) is 0.253. The number of halogens is 3. The van der Waals surface area contributed by atoms with Crippen molar-refractivity contribution in [1.29, 1.82) is 5.26 Å². The maximum atomic E-state index is 13.9.